The smallest absolute Gasteiger partial charge is 0.250 e. The van der Waals surface area contributed by atoms with Crippen molar-refractivity contribution >= 4 is 41.5 Å². The van der Waals surface area contributed by atoms with Crippen LogP contribution in [0.3, 0.4) is 0 Å². The van der Waals surface area contributed by atoms with Gasteiger partial charge in [0.1, 0.15) is 17.7 Å². The third kappa shape index (κ3) is 6.05. The highest BCUT2D eigenvalue weighted by atomic mass is 32.1. The van der Waals surface area contributed by atoms with Crippen molar-refractivity contribution in [3.8, 4) is 0 Å². The van der Waals surface area contributed by atoms with Crippen molar-refractivity contribution in [3.05, 3.63) is 70.3 Å². The van der Waals surface area contributed by atoms with E-state index in [1.54, 1.807) is 6.07 Å². The lowest BCUT2D eigenvalue weighted by molar-refractivity contribution is -0.118. The first kappa shape index (κ1) is 22.9. The number of thiol groups is 1. The number of amides is 2. The lowest BCUT2D eigenvalue weighted by Crippen LogP contribution is -2.37. The van der Waals surface area contributed by atoms with Crippen LogP contribution in [0.25, 0.3) is 0 Å². The van der Waals surface area contributed by atoms with Gasteiger partial charge in [0.15, 0.2) is 0 Å². The maximum Gasteiger partial charge on any atom is 0.250 e. The van der Waals surface area contributed by atoms with Crippen LogP contribution in [0.4, 0.5) is 20.2 Å². The monoisotopic (exact) mass is 433 g/mol. The maximum atomic E-state index is 14.6. The molecule has 0 unspecified atom stereocenters. The van der Waals surface area contributed by atoms with Gasteiger partial charge in [0.05, 0.1) is 22.0 Å². The highest BCUT2D eigenvalue weighted by molar-refractivity contribution is 7.84. The minimum Gasteiger partial charge on any atom is -0.371 e. The van der Waals surface area contributed by atoms with Gasteiger partial charge in [0, 0.05) is 12.1 Å². The van der Waals surface area contributed by atoms with Crippen LogP contribution >= 0.6 is 12.6 Å². The van der Waals surface area contributed by atoms with Gasteiger partial charge in [-0.15, -0.1) is 12.6 Å². The van der Waals surface area contributed by atoms with E-state index in [9.17, 15) is 18.4 Å². The first-order valence-electron chi connectivity index (χ1n) is 8.74. The molecule has 0 radical (unpaired) electrons. The molecule has 2 aromatic rings. The minimum atomic E-state index is -1.13. The topological polar surface area (TPSA) is 134 Å². The summed E-state index contributed by atoms with van der Waals surface area (Å²) in [6, 6.07) is 6.83. The summed E-state index contributed by atoms with van der Waals surface area (Å²) < 4.78 is 28.5. The SMILES string of the molecule is CC(=N)/C=C(\S)Nc1cc(N[C@H](Cc2ccccc2F)C(N)=O)c(F)cc1C(N)=O. The average Bonchev–Trinajstić information content (AvgIpc) is 2.64. The van der Waals surface area contributed by atoms with E-state index in [2.05, 4.69) is 23.3 Å². The molecule has 0 heterocycles. The van der Waals surface area contributed by atoms with Gasteiger partial charge >= 0.3 is 0 Å². The normalized spacial score (nSPS) is 12.2. The molecule has 2 rings (SSSR count). The fourth-order valence-electron chi connectivity index (χ4n) is 2.66. The summed E-state index contributed by atoms with van der Waals surface area (Å²) in [6.07, 6.45) is 1.25. The lowest BCUT2D eigenvalue weighted by Gasteiger charge is -2.19. The fraction of sp³-hybridized carbons (Fsp3) is 0.150. The summed E-state index contributed by atoms with van der Waals surface area (Å²) in [5, 5.41) is 13.1. The van der Waals surface area contributed by atoms with Gasteiger partial charge in [-0.1, -0.05) is 18.2 Å². The minimum absolute atomic E-state index is 0.100. The third-order valence-corrected chi connectivity index (χ3v) is 4.28. The third-order valence-electron chi connectivity index (χ3n) is 4.04. The van der Waals surface area contributed by atoms with Crippen molar-refractivity contribution in [2.24, 2.45) is 11.5 Å². The van der Waals surface area contributed by atoms with Crippen molar-refractivity contribution in [3.63, 3.8) is 0 Å². The summed E-state index contributed by atoms with van der Waals surface area (Å²) in [5.74, 6) is -3.10. The van der Waals surface area contributed by atoms with E-state index in [1.165, 1.54) is 37.3 Å². The van der Waals surface area contributed by atoms with E-state index in [4.69, 9.17) is 16.9 Å². The Labute approximate surface area is 177 Å². The van der Waals surface area contributed by atoms with Gasteiger partial charge in [-0.3, -0.25) is 9.59 Å². The van der Waals surface area contributed by atoms with Crippen molar-refractivity contribution in [2.45, 2.75) is 19.4 Å². The van der Waals surface area contributed by atoms with Crippen LogP contribution in [-0.4, -0.2) is 23.6 Å². The highest BCUT2D eigenvalue weighted by Crippen LogP contribution is 2.27. The van der Waals surface area contributed by atoms with Crippen LogP contribution in [0.1, 0.15) is 22.8 Å². The highest BCUT2D eigenvalue weighted by Gasteiger charge is 2.21. The Morgan fingerprint density at radius 3 is 2.40 bits per heavy atom. The second-order valence-corrected chi connectivity index (χ2v) is 6.96. The van der Waals surface area contributed by atoms with Crippen LogP contribution in [-0.2, 0) is 11.2 Å². The molecule has 0 saturated carbocycles. The van der Waals surface area contributed by atoms with Crippen LogP contribution in [0.15, 0.2) is 47.5 Å². The van der Waals surface area contributed by atoms with Crippen molar-refractivity contribution in [2.75, 3.05) is 10.6 Å². The largest absolute Gasteiger partial charge is 0.371 e. The average molecular weight is 433 g/mol. The molecule has 2 aromatic carbocycles. The van der Waals surface area contributed by atoms with Gasteiger partial charge in [0.2, 0.25) is 5.91 Å². The first-order valence-corrected chi connectivity index (χ1v) is 9.18. The molecular weight excluding hydrogens is 412 g/mol. The molecule has 0 aromatic heterocycles. The molecule has 0 aliphatic carbocycles. The van der Waals surface area contributed by atoms with Gasteiger partial charge in [-0.2, -0.15) is 0 Å². The van der Waals surface area contributed by atoms with Crippen molar-refractivity contribution in [1.29, 1.82) is 5.41 Å². The maximum absolute atomic E-state index is 14.6. The van der Waals surface area contributed by atoms with Crippen LogP contribution in [0, 0.1) is 17.0 Å². The second kappa shape index (κ2) is 9.88. The number of benzene rings is 2. The quantitative estimate of drug-likeness (QED) is 0.268. The molecule has 158 valence electrons. The summed E-state index contributed by atoms with van der Waals surface area (Å²) in [6.45, 7) is 1.52. The Kier molecular flexibility index (Phi) is 7.54. The molecule has 2 amide bonds. The van der Waals surface area contributed by atoms with Gasteiger partial charge in [-0.05, 0) is 36.8 Å². The van der Waals surface area contributed by atoms with E-state index >= 15 is 0 Å². The van der Waals surface area contributed by atoms with Crippen molar-refractivity contribution in [1.82, 2.24) is 0 Å². The molecule has 7 nitrogen and oxygen atoms in total. The second-order valence-electron chi connectivity index (χ2n) is 6.47. The number of nitrogens with one attached hydrogen (secondary N) is 3. The zero-order valence-electron chi connectivity index (χ0n) is 16.0. The number of hydrogen-bond donors (Lipinski definition) is 6. The zero-order chi connectivity index (χ0) is 22.4. The van der Waals surface area contributed by atoms with Crippen LogP contribution in [0.5, 0.6) is 0 Å². The van der Waals surface area contributed by atoms with Gasteiger partial charge in [-0.25, -0.2) is 8.78 Å². The molecule has 0 saturated heterocycles. The number of anilines is 2. The summed E-state index contributed by atoms with van der Waals surface area (Å²) >= 11 is 4.16. The Bertz CT molecular complexity index is 1030. The van der Waals surface area contributed by atoms with E-state index in [1.807, 2.05) is 0 Å². The van der Waals surface area contributed by atoms with Crippen LogP contribution in [0.2, 0.25) is 0 Å². The molecule has 0 spiro atoms. The summed E-state index contributed by atoms with van der Waals surface area (Å²) in [4.78, 5) is 23.6. The number of nitrogens with two attached hydrogens (primary N) is 2. The Morgan fingerprint density at radius 2 is 1.83 bits per heavy atom. The number of primary amides is 2. The molecule has 0 aliphatic heterocycles. The number of rotatable bonds is 9. The number of hydrogen-bond acceptors (Lipinski definition) is 6. The van der Waals surface area contributed by atoms with E-state index < -0.39 is 29.5 Å². The van der Waals surface area contributed by atoms with E-state index in [0.717, 1.165) is 6.07 Å². The zero-order valence-corrected chi connectivity index (χ0v) is 16.9. The number of allylic oxidation sites excluding steroid dienone is 1. The van der Waals surface area contributed by atoms with Crippen molar-refractivity contribution < 1.29 is 18.4 Å². The van der Waals surface area contributed by atoms with E-state index in [-0.39, 0.29) is 39.7 Å². The molecule has 0 bridgehead atoms. The molecule has 0 fully saturated rings. The summed E-state index contributed by atoms with van der Waals surface area (Å²) in [5.41, 5.74) is 10.9. The number of halogens is 2. The standard InChI is InChI=1S/C20H21F2N5O2S/c1-10(23)6-18(30)27-15-9-16(14(22)8-12(15)19(24)28)26-17(20(25)29)7-11-4-2-3-5-13(11)21/h2-6,8-9,17,23,26-27,30H,7H2,1H3,(H2,24,28)(H2,25,29)/b18-6-,23-10?/t17-/m1/s1. The predicted molar refractivity (Wildman–Crippen MR) is 116 cm³/mol. The summed E-state index contributed by atoms with van der Waals surface area (Å²) in [7, 11) is 0. The van der Waals surface area contributed by atoms with Gasteiger partial charge in [0.25, 0.3) is 5.91 Å². The Morgan fingerprint density at radius 1 is 1.17 bits per heavy atom. The lowest BCUT2D eigenvalue weighted by atomic mass is 10.0. The molecule has 10 heteroatoms. The van der Waals surface area contributed by atoms with Gasteiger partial charge < -0.3 is 27.5 Å². The Hall–Kier alpha value is -3.40. The molecule has 0 aliphatic rings. The molecular formula is C20H21F2N5O2S. The van der Waals surface area contributed by atoms with E-state index in [0.29, 0.717) is 0 Å². The Balaban J connectivity index is 2.40. The molecule has 7 N–H and O–H groups in total. The molecule has 1 atom stereocenters. The number of carbonyl (C=O) groups is 2. The predicted octanol–water partition coefficient (Wildman–Crippen LogP) is 2.79. The van der Waals surface area contributed by atoms with Crippen LogP contribution < -0.4 is 22.1 Å². The molecule has 30 heavy (non-hydrogen) atoms. The fourth-order valence-corrected chi connectivity index (χ4v) is 2.98. The first-order chi connectivity index (χ1) is 14.1. The number of carbonyl (C=O) groups excluding carboxylic acids is 2.